The maximum absolute atomic E-state index is 11.2. The fourth-order valence-electron chi connectivity index (χ4n) is 0.946. The van der Waals surface area contributed by atoms with Gasteiger partial charge in [0.15, 0.2) is 0 Å². The van der Waals surface area contributed by atoms with Gasteiger partial charge >= 0.3 is 0 Å². The van der Waals surface area contributed by atoms with Crippen molar-refractivity contribution in [3.05, 3.63) is 0 Å². The first-order valence-corrected chi connectivity index (χ1v) is 7.75. The molecular weight excluding hydrogens is 212 g/mol. The molecule has 0 saturated carbocycles. The Labute approximate surface area is 80.6 Å². The molecule has 0 radical (unpaired) electrons. The second kappa shape index (κ2) is 3.17. The van der Waals surface area contributed by atoms with Crippen LogP contribution in [-0.4, -0.2) is 18.9 Å². The van der Waals surface area contributed by atoms with Gasteiger partial charge in [0.25, 0.3) is 7.90 Å². The summed E-state index contributed by atoms with van der Waals surface area (Å²) in [5, 5.41) is 0. The highest BCUT2D eigenvalue weighted by atomic mass is 33.5. The van der Waals surface area contributed by atoms with Crippen LogP contribution in [0.25, 0.3) is 0 Å². The van der Waals surface area contributed by atoms with Crippen LogP contribution in [0, 0.1) is 18.3 Å². The van der Waals surface area contributed by atoms with E-state index < -0.39 is 7.90 Å². The fourth-order valence-corrected chi connectivity index (χ4v) is 8.20. The maximum atomic E-state index is 11.2. The Morgan fingerprint density at radius 3 is 2.58 bits per heavy atom. The second-order valence-corrected chi connectivity index (χ2v) is 10.2. The lowest BCUT2D eigenvalue weighted by atomic mass is 9.98. The third-order valence-electron chi connectivity index (χ3n) is 1.74. The van der Waals surface area contributed by atoms with Gasteiger partial charge in [-0.25, -0.2) is 8.42 Å². The molecule has 1 rings (SSSR count). The van der Waals surface area contributed by atoms with E-state index in [9.17, 15) is 8.42 Å². The molecule has 0 aliphatic carbocycles. The zero-order chi connectivity index (χ0) is 9.41. The molecule has 1 fully saturated rings. The molecule has 1 aliphatic rings. The van der Waals surface area contributed by atoms with Crippen molar-refractivity contribution < 1.29 is 8.42 Å². The van der Waals surface area contributed by atoms with Crippen LogP contribution >= 0.6 is 21.6 Å². The van der Waals surface area contributed by atoms with Crippen molar-refractivity contribution in [2.75, 3.05) is 5.75 Å². The van der Waals surface area contributed by atoms with Crippen LogP contribution in [-0.2, 0) is 7.90 Å². The van der Waals surface area contributed by atoms with Crippen LogP contribution < -0.4 is 0 Å². The summed E-state index contributed by atoms with van der Waals surface area (Å²) >= 11 is 0. The smallest absolute Gasteiger partial charge is 0.206 e. The van der Waals surface area contributed by atoms with Crippen molar-refractivity contribution in [1.29, 1.82) is 0 Å². The summed E-state index contributed by atoms with van der Waals surface area (Å²) in [5.74, 6) is 3.18. The molecule has 0 aromatic carbocycles. The topological polar surface area (TPSA) is 34.1 Å². The van der Waals surface area contributed by atoms with Gasteiger partial charge in [0.1, 0.15) is 0 Å². The number of hydrogen-bond donors (Lipinski definition) is 0. The predicted molar refractivity (Wildman–Crippen MR) is 55.4 cm³/mol. The Hall–Kier alpha value is 0.210. The maximum Gasteiger partial charge on any atom is 0.254 e. The third kappa shape index (κ3) is 2.12. The summed E-state index contributed by atoms with van der Waals surface area (Å²) < 4.78 is 22.0. The number of hydrogen-bond acceptors (Lipinski definition) is 4. The quantitative estimate of drug-likeness (QED) is 0.462. The minimum absolute atomic E-state index is 0.0380. The molecular formula is C7H10O2S3. The van der Waals surface area contributed by atoms with Gasteiger partial charge in [0.05, 0.1) is 0 Å². The lowest BCUT2D eigenvalue weighted by Crippen LogP contribution is -2.33. The predicted octanol–water partition coefficient (Wildman–Crippen LogP) is 1.74. The largest absolute Gasteiger partial charge is 0.254 e. The highest BCUT2D eigenvalue weighted by molar-refractivity contribution is 9.05. The zero-order valence-corrected chi connectivity index (χ0v) is 9.35. The number of rotatable bonds is 0. The van der Waals surface area contributed by atoms with E-state index in [2.05, 4.69) is 5.92 Å². The van der Waals surface area contributed by atoms with Crippen LogP contribution in [0.2, 0.25) is 0 Å². The van der Waals surface area contributed by atoms with E-state index in [1.165, 1.54) is 0 Å². The molecule has 0 bridgehead atoms. The lowest BCUT2D eigenvalue weighted by Gasteiger charge is -2.32. The Morgan fingerprint density at radius 2 is 2.17 bits per heavy atom. The normalized spacial score (nSPS) is 32.2. The monoisotopic (exact) mass is 222 g/mol. The molecule has 0 amide bonds. The fraction of sp³-hybridized carbons (Fsp3) is 0.714. The summed E-state index contributed by atoms with van der Waals surface area (Å²) in [4.78, 5) is 0. The SMILES string of the molecule is C#CC1CSS(=O)(=O)SC1(C)C. The molecule has 1 unspecified atom stereocenters. The van der Waals surface area contributed by atoms with Crippen molar-refractivity contribution in [2.24, 2.45) is 5.92 Å². The van der Waals surface area contributed by atoms with E-state index in [1.807, 2.05) is 13.8 Å². The molecule has 0 N–H and O–H groups in total. The van der Waals surface area contributed by atoms with Gasteiger partial charge in [-0.1, -0.05) is 0 Å². The van der Waals surface area contributed by atoms with Gasteiger partial charge in [-0.05, 0) is 35.4 Å². The van der Waals surface area contributed by atoms with Crippen LogP contribution in [0.5, 0.6) is 0 Å². The Bertz CT molecular complexity index is 310. The average Bonchev–Trinajstić information content (AvgIpc) is 1.83. The van der Waals surface area contributed by atoms with Gasteiger partial charge in [-0.3, -0.25) is 0 Å². The first kappa shape index (κ1) is 10.3. The van der Waals surface area contributed by atoms with Gasteiger partial charge in [0.2, 0.25) is 0 Å². The molecule has 1 atom stereocenters. The van der Waals surface area contributed by atoms with Gasteiger partial charge in [0, 0.05) is 16.4 Å². The Kier molecular flexibility index (Phi) is 2.72. The lowest BCUT2D eigenvalue weighted by molar-refractivity contribution is 0.577. The van der Waals surface area contributed by atoms with E-state index in [0.717, 1.165) is 21.6 Å². The summed E-state index contributed by atoms with van der Waals surface area (Å²) in [7, 11) is -1.08. The van der Waals surface area contributed by atoms with Crippen LogP contribution in [0.4, 0.5) is 0 Å². The van der Waals surface area contributed by atoms with Crippen molar-refractivity contribution in [3.8, 4) is 12.3 Å². The van der Waals surface area contributed by atoms with Gasteiger partial charge in [-0.2, -0.15) is 0 Å². The van der Waals surface area contributed by atoms with E-state index in [-0.39, 0.29) is 10.7 Å². The van der Waals surface area contributed by atoms with Gasteiger partial charge in [-0.15, -0.1) is 12.3 Å². The first-order valence-electron chi connectivity index (χ1n) is 3.43. The Balaban J connectivity index is 2.90. The average molecular weight is 222 g/mol. The van der Waals surface area contributed by atoms with Crippen molar-refractivity contribution in [2.45, 2.75) is 18.6 Å². The minimum atomic E-state index is -3.00. The summed E-state index contributed by atoms with van der Waals surface area (Å²) in [5.41, 5.74) is 0. The van der Waals surface area contributed by atoms with Gasteiger partial charge < -0.3 is 0 Å². The second-order valence-electron chi connectivity index (χ2n) is 3.10. The Morgan fingerprint density at radius 1 is 1.58 bits per heavy atom. The highest BCUT2D eigenvalue weighted by Crippen LogP contribution is 2.47. The van der Waals surface area contributed by atoms with E-state index in [1.54, 1.807) is 0 Å². The van der Waals surface area contributed by atoms with Crippen LogP contribution in [0.3, 0.4) is 0 Å². The summed E-state index contributed by atoms with van der Waals surface area (Å²) in [6.07, 6.45) is 5.30. The molecule has 1 saturated heterocycles. The standard InChI is InChI=1S/C7H10O2S3/c1-4-6-5-10-12(8,9)11-7(6,2)3/h1,6H,5H2,2-3H3. The molecule has 2 nitrogen and oxygen atoms in total. The molecule has 12 heavy (non-hydrogen) atoms. The van der Waals surface area contributed by atoms with Crippen LogP contribution in [0.1, 0.15) is 13.8 Å². The van der Waals surface area contributed by atoms with E-state index in [0.29, 0.717) is 5.75 Å². The number of terminal acetylenes is 1. The molecule has 0 spiro atoms. The third-order valence-corrected chi connectivity index (χ3v) is 8.07. The van der Waals surface area contributed by atoms with Crippen molar-refractivity contribution in [1.82, 2.24) is 0 Å². The molecule has 1 aliphatic heterocycles. The van der Waals surface area contributed by atoms with E-state index in [4.69, 9.17) is 6.42 Å². The van der Waals surface area contributed by atoms with Crippen molar-refractivity contribution in [3.63, 3.8) is 0 Å². The highest BCUT2D eigenvalue weighted by Gasteiger charge is 2.40. The molecule has 1 heterocycles. The zero-order valence-electron chi connectivity index (χ0n) is 6.90. The summed E-state index contributed by atoms with van der Waals surface area (Å²) in [6.45, 7) is 3.75. The molecule has 5 heteroatoms. The molecule has 68 valence electrons. The minimum Gasteiger partial charge on any atom is -0.206 e. The summed E-state index contributed by atoms with van der Waals surface area (Å²) in [6, 6.07) is 0. The first-order chi connectivity index (χ1) is 5.37. The molecule has 0 aromatic heterocycles. The van der Waals surface area contributed by atoms with Crippen molar-refractivity contribution >= 4 is 29.5 Å². The van der Waals surface area contributed by atoms with E-state index >= 15 is 0 Å². The molecule has 0 aromatic rings. The van der Waals surface area contributed by atoms with Crippen LogP contribution in [0.15, 0.2) is 0 Å².